The molecule has 2 aliphatic rings. The minimum atomic E-state index is -0.381. The predicted molar refractivity (Wildman–Crippen MR) is 104 cm³/mol. The number of amides is 2. The van der Waals surface area contributed by atoms with Crippen molar-refractivity contribution < 1.29 is 14.1 Å². The Morgan fingerprint density at radius 2 is 2.24 bits per heavy atom. The highest BCUT2D eigenvalue weighted by atomic mass is 16.5. The number of imidazole rings is 1. The summed E-state index contributed by atoms with van der Waals surface area (Å²) in [5.74, 6) is 1.51. The molecule has 4 rings (SSSR count). The van der Waals surface area contributed by atoms with Crippen LogP contribution in [0.15, 0.2) is 23.2 Å². The van der Waals surface area contributed by atoms with Gasteiger partial charge in [-0.3, -0.25) is 9.59 Å². The number of nitrogens with zero attached hydrogens (tertiary/aromatic N) is 5. The SMILES string of the molecule is Cc1noc([C@]23C[C@H](NC(=O)CCn4ccnc4)C[C@H]2CN(C(=O)C(C)C)C3)n1. The van der Waals surface area contributed by atoms with Gasteiger partial charge in [0.1, 0.15) is 0 Å². The standard InChI is InChI=1S/C20H28N6O3/c1-13(2)18(28)26-10-15-8-16(23-17(27)4-6-25-7-5-21-12-25)9-20(15,11-26)19-22-14(3)24-29-19/h5,7,12-13,15-16H,4,6,8-11H2,1-3H3,(H,23,27)/t15-,16+,20-/m0/s1. The minimum absolute atomic E-state index is 0.0237. The molecule has 0 unspecified atom stereocenters. The molecular weight excluding hydrogens is 372 g/mol. The summed E-state index contributed by atoms with van der Waals surface area (Å²) in [6.07, 6.45) is 7.18. The van der Waals surface area contributed by atoms with Gasteiger partial charge in [0.25, 0.3) is 0 Å². The molecule has 1 saturated heterocycles. The summed E-state index contributed by atoms with van der Waals surface area (Å²) >= 11 is 0. The van der Waals surface area contributed by atoms with Gasteiger partial charge in [-0.25, -0.2) is 4.98 Å². The highest BCUT2D eigenvalue weighted by Gasteiger charge is 2.58. The van der Waals surface area contributed by atoms with Crippen molar-refractivity contribution in [2.75, 3.05) is 13.1 Å². The van der Waals surface area contributed by atoms with Gasteiger partial charge in [-0.15, -0.1) is 0 Å². The molecule has 3 atom stereocenters. The maximum absolute atomic E-state index is 12.6. The summed E-state index contributed by atoms with van der Waals surface area (Å²) in [5.41, 5.74) is -0.381. The average molecular weight is 400 g/mol. The number of aryl methyl sites for hydroxylation is 2. The van der Waals surface area contributed by atoms with Crippen LogP contribution in [0.2, 0.25) is 0 Å². The summed E-state index contributed by atoms with van der Waals surface area (Å²) in [6.45, 7) is 7.48. The van der Waals surface area contributed by atoms with Crippen molar-refractivity contribution in [1.29, 1.82) is 0 Å². The monoisotopic (exact) mass is 400 g/mol. The predicted octanol–water partition coefficient (Wildman–Crippen LogP) is 1.30. The van der Waals surface area contributed by atoms with E-state index >= 15 is 0 Å². The number of hydrogen-bond donors (Lipinski definition) is 1. The zero-order valence-corrected chi connectivity index (χ0v) is 17.2. The van der Waals surface area contributed by atoms with Gasteiger partial charge >= 0.3 is 0 Å². The molecule has 1 saturated carbocycles. The average Bonchev–Trinajstić information content (AvgIpc) is 3.42. The van der Waals surface area contributed by atoms with Crippen molar-refractivity contribution in [2.24, 2.45) is 11.8 Å². The second kappa shape index (κ2) is 7.61. The van der Waals surface area contributed by atoms with E-state index in [1.165, 1.54) is 0 Å². The van der Waals surface area contributed by atoms with E-state index in [0.29, 0.717) is 44.2 Å². The van der Waals surface area contributed by atoms with Crippen LogP contribution in [0.4, 0.5) is 0 Å². The van der Waals surface area contributed by atoms with Gasteiger partial charge in [0.05, 0.1) is 11.7 Å². The van der Waals surface area contributed by atoms with Crippen molar-refractivity contribution in [3.8, 4) is 0 Å². The molecule has 2 aromatic heterocycles. The molecule has 2 aromatic rings. The molecule has 0 spiro atoms. The molecule has 1 N–H and O–H groups in total. The van der Waals surface area contributed by atoms with E-state index in [9.17, 15) is 9.59 Å². The first-order chi connectivity index (χ1) is 13.9. The van der Waals surface area contributed by atoms with Crippen molar-refractivity contribution in [1.82, 2.24) is 29.9 Å². The number of hydrogen-bond acceptors (Lipinski definition) is 6. The number of fused-ring (bicyclic) bond motifs is 1. The molecule has 29 heavy (non-hydrogen) atoms. The zero-order valence-electron chi connectivity index (χ0n) is 17.2. The van der Waals surface area contributed by atoms with Crippen molar-refractivity contribution in [3.05, 3.63) is 30.4 Å². The van der Waals surface area contributed by atoms with Gasteiger partial charge in [-0.05, 0) is 25.7 Å². The second-order valence-corrected chi connectivity index (χ2v) is 8.63. The van der Waals surface area contributed by atoms with Crippen LogP contribution in [0.3, 0.4) is 0 Å². The van der Waals surface area contributed by atoms with Crippen molar-refractivity contribution >= 4 is 11.8 Å². The Labute approximate surface area is 169 Å². The lowest BCUT2D eigenvalue weighted by Gasteiger charge is -2.26. The number of carbonyl (C=O) groups is 2. The van der Waals surface area contributed by atoms with Crippen LogP contribution in [0.5, 0.6) is 0 Å². The Bertz CT molecular complexity index is 877. The third kappa shape index (κ3) is 3.77. The number of rotatable bonds is 6. The third-order valence-corrected chi connectivity index (χ3v) is 6.16. The summed E-state index contributed by atoms with van der Waals surface area (Å²) in [5, 5.41) is 7.15. The van der Waals surface area contributed by atoms with Crippen LogP contribution in [-0.2, 0) is 21.5 Å². The van der Waals surface area contributed by atoms with E-state index in [1.54, 1.807) is 19.4 Å². The topological polar surface area (TPSA) is 106 Å². The van der Waals surface area contributed by atoms with Gasteiger partial charge in [0.15, 0.2) is 5.82 Å². The fraction of sp³-hybridized carbons (Fsp3) is 0.650. The number of carbonyl (C=O) groups excluding carboxylic acids is 2. The Morgan fingerprint density at radius 3 is 2.90 bits per heavy atom. The van der Waals surface area contributed by atoms with E-state index in [-0.39, 0.29) is 35.1 Å². The first-order valence-corrected chi connectivity index (χ1v) is 10.2. The molecule has 0 aromatic carbocycles. The Morgan fingerprint density at radius 1 is 1.41 bits per heavy atom. The lowest BCUT2D eigenvalue weighted by atomic mass is 9.80. The Hall–Kier alpha value is -2.71. The van der Waals surface area contributed by atoms with Gasteiger partial charge in [0, 0.05) is 50.4 Å². The molecule has 9 heteroatoms. The third-order valence-electron chi connectivity index (χ3n) is 6.16. The molecule has 3 heterocycles. The van der Waals surface area contributed by atoms with E-state index in [4.69, 9.17) is 4.52 Å². The molecule has 1 aliphatic carbocycles. The highest BCUT2D eigenvalue weighted by Crippen LogP contribution is 2.50. The van der Waals surface area contributed by atoms with Crippen molar-refractivity contribution in [3.63, 3.8) is 0 Å². The first-order valence-electron chi connectivity index (χ1n) is 10.2. The lowest BCUT2D eigenvalue weighted by Crippen LogP contribution is -2.40. The summed E-state index contributed by atoms with van der Waals surface area (Å²) < 4.78 is 7.46. The second-order valence-electron chi connectivity index (χ2n) is 8.63. The van der Waals surface area contributed by atoms with E-state index in [1.807, 2.05) is 29.5 Å². The summed E-state index contributed by atoms with van der Waals surface area (Å²) in [7, 11) is 0. The Kier molecular flexibility index (Phi) is 5.14. The molecule has 0 bridgehead atoms. The quantitative estimate of drug-likeness (QED) is 0.783. The van der Waals surface area contributed by atoms with E-state index in [0.717, 1.165) is 6.42 Å². The van der Waals surface area contributed by atoms with Gasteiger partial charge in [0.2, 0.25) is 17.7 Å². The fourth-order valence-corrected chi connectivity index (χ4v) is 4.79. The molecule has 9 nitrogen and oxygen atoms in total. The number of aromatic nitrogens is 4. The highest BCUT2D eigenvalue weighted by molar-refractivity contribution is 5.79. The molecule has 1 aliphatic heterocycles. The maximum atomic E-state index is 12.6. The molecule has 156 valence electrons. The first kappa shape index (κ1) is 19.6. The molecular formula is C20H28N6O3. The van der Waals surface area contributed by atoms with Crippen molar-refractivity contribution in [2.45, 2.75) is 58.0 Å². The largest absolute Gasteiger partial charge is 0.353 e. The number of likely N-dealkylation sites (tertiary alicyclic amines) is 1. The minimum Gasteiger partial charge on any atom is -0.353 e. The molecule has 0 radical (unpaired) electrons. The maximum Gasteiger partial charge on any atom is 0.235 e. The van der Waals surface area contributed by atoms with Crippen LogP contribution >= 0.6 is 0 Å². The smallest absolute Gasteiger partial charge is 0.235 e. The fourth-order valence-electron chi connectivity index (χ4n) is 4.79. The van der Waals surface area contributed by atoms with Gasteiger partial charge in [-0.1, -0.05) is 19.0 Å². The van der Waals surface area contributed by atoms with Crippen LogP contribution in [0, 0.1) is 18.8 Å². The van der Waals surface area contributed by atoms with Crippen LogP contribution in [-0.4, -0.2) is 55.5 Å². The van der Waals surface area contributed by atoms with E-state index < -0.39 is 0 Å². The van der Waals surface area contributed by atoms with Crippen LogP contribution < -0.4 is 5.32 Å². The Balaban J connectivity index is 1.45. The van der Waals surface area contributed by atoms with Gasteiger partial charge < -0.3 is 19.3 Å². The summed E-state index contributed by atoms with van der Waals surface area (Å²) in [6, 6.07) is 0.0406. The lowest BCUT2D eigenvalue weighted by molar-refractivity contribution is -0.134. The normalized spacial score (nSPS) is 26.1. The van der Waals surface area contributed by atoms with E-state index in [2.05, 4.69) is 20.4 Å². The number of nitrogens with one attached hydrogen (secondary N) is 1. The van der Waals surface area contributed by atoms with Crippen LogP contribution in [0.1, 0.15) is 44.8 Å². The molecule has 2 fully saturated rings. The zero-order chi connectivity index (χ0) is 20.6. The summed E-state index contributed by atoms with van der Waals surface area (Å²) in [4.78, 5) is 35.5. The molecule has 2 amide bonds. The van der Waals surface area contributed by atoms with Crippen LogP contribution in [0.25, 0.3) is 0 Å². The van der Waals surface area contributed by atoms with Gasteiger partial charge in [-0.2, -0.15) is 4.98 Å².